The molecule has 1 aliphatic carbocycles. The van der Waals surface area contributed by atoms with Gasteiger partial charge >= 0.3 is 5.97 Å². The molecule has 2 N–H and O–H groups in total. The van der Waals surface area contributed by atoms with Gasteiger partial charge in [-0.2, -0.15) is 0 Å². The number of aryl methyl sites for hydroxylation is 1. The first-order valence-electron chi connectivity index (χ1n) is 11.9. The maximum absolute atomic E-state index is 12.7. The number of nitrogens with one attached hydrogen (secondary N) is 2. The molecule has 33 heavy (non-hydrogen) atoms. The highest BCUT2D eigenvalue weighted by molar-refractivity contribution is 7.80. The van der Waals surface area contributed by atoms with Crippen molar-refractivity contribution in [2.24, 2.45) is 0 Å². The van der Waals surface area contributed by atoms with Gasteiger partial charge in [-0.15, -0.1) is 11.3 Å². The molecule has 0 unspecified atom stereocenters. The van der Waals surface area contributed by atoms with E-state index in [2.05, 4.69) is 10.6 Å². The van der Waals surface area contributed by atoms with E-state index in [1.54, 1.807) is 11.3 Å². The van der Waals surface area contributed by atoms with Gasteiger partial charge in [0.2, 0.25) is 0 Å². The Labute approximate surface area is 204 Å². The van der Waals surface area contributed by atoms with Crippen molar-refractivity contribution in [2.45, 2.75) is 58.3 Å². The first kappa shape index (κ1) is 23.7. The van der Waals surface area contributed by atoms with E-state index in [1.807, 2.05) is 36.1 Å². The van der Waals surface area contributed by atoms with Crippen LogP contribution < -0.4 is 10.6 Å². The number of thiocarbonyl (C=S) groups is 1. The fourth-order valence-corrected chi connectivity index (χ4v) is 6.06. The number of hydrogen-bond acceptors (Lipinski definition) is 5. The Balaban J connectivity index is 1.44. The molecular formula is C25H31N3O3S2. The van der Waals surface area contributed by atoms with Gasteiger partial charge in [0.1, 0.15) is 5.00 Å². The van der Waals surface area contributed by atoms with Crippen LogP contribution in [-0.4, -0.2) is 41.6 Å². The molecule has 1 aromatic heterocycles. The maximum Gasteiger partial charge on any atom is 0.341 e. The SMILES string of the molecule is CCOC(=O)c1c(NC(=S)Nc2ccc(C(=O)N3CCCCC3)cc2)sc2c1CCCCC2. The Bertz CT molecular complexity index is 1010. The van der Waals surface area contributed by atoms with Gasteiger partial charge in [-0.05, 0) is 93.9 Å². The summed E-state index contributed by atoms with van der Waals surface area (Å²) in [6.45, 7) is 3.83. The molecule has 0 saturated carbocycles. The van der Waals surface area contributed by atoms with Crippen LogP contribution in [0.15, 0.2) is 24.3 Å². The third-order valence-corrected chi connectivity index (χ3v) is 7.57. The van der Waals surface area contributed by atoms with Crippen LogP contribution in [0.3, 0.4) is 0 Å². The van der Waals surface area contributed by atoms with Gasteiger partial charge in [0.25, 0.3) is 5.91 Å². The lowest BCUT2D eigenvalue weighted by Gasteiger charge is -2.26. The second-order valence-electron chi connectivity index (χ2n) is 8.50. The number of anilines is 2. The zero-order valence-corrected chi connectivity index (χ0v) is 20.7. The average molecular weight is 486 g/mol. The van der Waals surface area contributed by atoms with E-state index in [0.717, 1.165) is 67.9 Å². The number of benzene rings is 1. The monoisotopic (exact) mass is 485 g/mol. The molecule has 0 spiro atoms. The second kappa shape index (κ2) is 11.1. The number of carbonyl (C=O) groups excluding carboxylic acids is 2. The molecule has 2 aliphatic rings. The standard InChI is InChI=1S/C25H31N3O3S2/c1-2-31-24(30)21-19-9-5-3-6-10-20(19)33-22(21)27-25(32)26-18-13-11-17(12-14-18)23(29)28-15-7-4-8-16-28/h11-14H,2-10,15-16H2,1H3,(H2,26,27,32). The Hall–Kier alpha value is -2.45. The van der Waals surface area contributed by atoms with Crippen molar-refractivity contribution in [1.29, 1.82) is 0 Å². The van der Waals surface area contributed by atoms with Crippen LogP contribution in [0.4, 0.5) is 10.7 Å². The van der Waals surface area contributed by atoms with Gasteiger partial charge in [-0.3, -0.25) is 4.79 Å². The molecule has 176 valence electrons. The summed E-state index contributed by atoms with van der Waals surface area (Å²) in [6, 6.07) is 7.39. The van der Waals surface area contributed by atoms with Crippen LogP contribution in [0.1, 0.15) is 76.6 Å². The number of esters is 1. The number of fused-ring (bicyclic) bond motifs is 1. The first-order chi connectivity index (χ1) is 16.1. The van der Waals surface area contributed by atoms with Crippen molar-refractivity contribution in [3.05, 3.63) is 45.8 Å². The van der Waals surface area contributed by atoms with Gasteiger partial charge in [0, 0.05) is 29.2 Å². The normalized spacial score (nSPS) is 15.8. The van der Waals surface area contributed by atoms with Crippen molar-refractivity contribution in [3.63, 3.8) is 0 Å². The summed E-state index contributed by atoms with van der Waals surface area (Å²) >= 11 is 7.14. The molecular weight excluding hydrogens is 454 g/mol. The molecule has 4 rings (SSSR count). The predicted octanol–water partition coefficient (Wildman–Crippen LogP) is 5.63. The summed E-state index contributed by atoms with van der Waals surface area (Å²) in [5, 5.41) is 7.56. The molecule has 6 nitrogen and oxygen atoms in total. The molecule has 1 amide bonds. The number of hydrogen-bond donors (Lipinski definition) is 2. The van der Waals surface area contributed by atoms with Gasteiger partial charge in [0.15, 0.2) is 5.11 Å². The van der Waals surface area contributed by atoms with Gasteiger partial charge < -0.3 is 20.3 Å². The number of carbonyl (C=O) groups is 2. The van der Waals surface area contributed by atoms with Crippen molar-refractivity contribution in [2.75, 3.05) is 30.3 Å². The van der Waals surface area contributed by atoms with Crippen LogP contribution in [-0.2, 0) is 17.6 Å². The fraction of sp³-hybridized carbons (Fsp3) is 0.480. The van der Waals surface area contributed by atoms with Crippen LogP contribution >= 0.6 is 23.6 Å². The largest absolute Gasteiger partial charge is 0.462 e. The topological polar surface area (TPSA) is 70.7 Å². The van der Waals surface area contributed by atoms with E-state index in [9.17, 15) is 9.59 Å². The summed E-state index contributed by atoms with van der Waals surface area (Å²) in [7, 11) is 0. The summed E-state index contributed by atoms with van der Waals surface area (Å²) in [5.74, 6) is -0.205. The molecule has 8 heteroatoms. The minimum absolute atomic E-state index is 0.0844. The van der Waals surface area contributed by atoms with Crippen molar-refractivity contribution < 1.29 is 14.3 Å². The van der Waals surface area contributed by atoms with Crippen molar-refractivity contribution >= 4 is 51.2 Å². The molecule has 1 aliphatic heterocycles. The maximum atomic E-state index is 12.7. The zero-order valence-electron chi connectivity index (χ0n) is 19.1. The smallest absolute Gasteiger partial charge is 0.341 e. The van der Waals surface area contributed by atoms with Crippen molar-refractivity contribution in [1.82, 2.24) is 4.90 Å². The second-order valence-corrected chi connectivity index (χ2v) is 10.0. The zero-order chi connectivity index (χ0) is 23.2. The van der Waals surface area contributed by atoms with E-state index in [1.165, 1.54) is 17.7 Å². The minimum Gasteiger partial charge on any atom is -0.462 e. The highest BCUT2D eigenvalue weighted by atomic mass is 32.1. The quantitative estimate of drug-likeness (QED) is 0.325. The molecule has 1 saturated heterocycles. The van der Waals surface area contributed by atoms with E-state index in [0.29, 0.717) is 22.8 Å². The first-order valence-corrected chi connectivity index (χ1v) is 13.1. The Morgan fingerprint density at radius 2 is 1.70 bits per heavy atom. The Kier molecular flexibility index (Phi) is 7.98. The van der Waals surface area contributed by atoms with Crippen LogP contribution in [0, 0.1) is 0 Å². The summed E-state index contributed by atoms with van der Waals surface area (Å²) in [6.07, 6.45) is 8.64. The number of ether oxygens (including phenoxy) is 1. The molecule has 1 fully saturated rings. The molecule has 2 heterocycles. The Morgan fingerprint density at radius 1 is 1.00 bits per heavy atom. The van der Waals surface area contributed by atoms with E-state index >= 15 is 0 Å². The van der Waals surface area contributed by atoms with E-state index < -0.39 is 0 Å². The fourth-order valence-electron chi connectivity index (χ4n) is 4.49. The average Bonchev–Trinajstić information content (AvgIpc) is 2.99. The number of rotatable bonds is 5. The lowest BCUT2D eigenvalue weighted by atomic mass is 10.1. The van der Waals surface area contributed by atoms with Crippen LogP contribution in [0.5, 0.6) is 0 Å². The van der Waals surface area contributed by atoms with Gasteiger partial charge in [-0.1, -0.05) is 6.42 Å². The van der Waals surface area contributed by atoms with Crippen molar-refractivity contribution in [3.8, 4) is 0 Å². The van der Waals surface area contributed by atoms with Gasteiger partial charge in [0.05, 0.1) is 12.2 Å². The lowest BCUT2D eigenvalue weighted by molar-refractivity contribution is 0.0526. The summed E-state index contributed by atoms with van der Waals surface area (Å²) in [4.78, 5) is 28.6. The third-order valence-electron chi connectivity index (χ3n) is 6.16. The lowest BCUT2D eigenvalue weighted by Crippen LogP contribution is -2.35. The van der Waals surface area contributed by atoms with Gasteiger partial charge in [-0.25, -0.2) is 4.79 Å². The molecule has 2 aromatic rings. The third kappa shape index (κ3) is 5.73. The number of amides is 1. The molecule has 0 radical (unpaired) electrons. The molecule has 0 bridgehead atoms. The number of likely N-dealkylation sites (tertiary alicyclic amines) is 1. The number of nitrogens with zero attached hydrogens (tertiary/aromatic N) is 1. The summed E-state index contributed by atoms with van der Waals surface area (Å²) in [5.41, 5.74) is 3.22. The highest BCUT2D eigenvalue weighted by Gasteiger charge is 2.26. The van der Waals surface area contributed by atoms with Crippen LogP contribution in [0.2, 0.25) is 0 Å². The number of thiophene rings is 1. The summed E-state index contributed by atoms with van der Waals surface area (Å²) < 4.78 is 5.35. The highest BCUT2D eigenvalue weighted by Crippen LogP contribution is 2.38. The van der Waals surface area contributed by atoms with E-state index in [-0.39, 0.29) is 11.9 Å². The predicted molar refractivity (Wildman–Crippen MR) is 138 cm³/mol. The Morgan fingerprint density at radius 3 is 2.42 bits per heavy atom. The van der Waals surface area contributed by atoms with Crippen LogP contribution in [0.25, 0.3) is 0 Å². The molecule has 1 aromatic carbocycles. The van der Waals surface area contributed by atoms with E-state index in [4.69, 9.17) is 17.0 Å². The number of piperidine rings is 1. The molecule has 0 atom stereocenters. The minimum atomic E-state index is -0.289.